The fourth-order valence-electron chi connectivity index (χ4n) is 2.01. The van der Waals surface area contributed by atoms with Crippen LogP contribution in [0.25, 0.3) is 10.2 Å². The van der Waals surface area contributed by atoms with Gasteiger partial charge in [-0.15, -0.1) is 23.7 Å². The van der Waals surface area contributed by atoms with Gasteiger partial charge in [-0.05, 0) is 44.0 Å². The molecule has 1 fully saturated rings. The Morgan fingerprint density at radius 3 is 2.95 bits per heavy atom. The lowest BCUT2D eigenvalue weighted by Crippen LogP contribution is -2.13. The Morgan fingerprint density at radius 1 is 1.45 bits per heavy atom. The second-order valence-corrected chi connectivity index (χ2v) is 6.01. The van der Waals surface area contributed by atoms with Crippen LogP contribution in [0.3, 0.4) is 0 Å². The highest BCUT2D eigenvalue weighted by molar-refractivity contribution is 7.18. The number of hydrogen-bond donors (Lipinski definition) is 2. The molecule has 0 radical (unpaired) electrons. The molecule has 1 aliphatic carbocycles. The predicted octanol–water partition coefficient (Wildman–Crippen LogP) is 3.27. The summed E-state index contributed by atoms with van der Waals surface area (Å²) >= 11 is 1.74. The van der Waals surface area contributed by atoms with E-state index in [1.165, 1.54) is 17.8 Å². The lowest BCUT2D eigenvalue weighted by atomic mass is 10.2. The van der Waals surface area contributed by atoms with E-state index in [1.807, 2.05) is 18.2 Å². The van der Waals surface area contributed by atoms with Crippen LogP contribution in [0.1, 0.15) is 36.6 Å². The number of rotatable bonds is 5. The van der Waals surface area contributed by atoms with Gasteiger partial charge in [0.15, 0.2) is 0 Å². The van der Waals surface area contributed by atoms with Gasteiger partial charge < -0.3 is 11.1 Å². The highest BCUT2D eigenvalue weighted by Gasteiger charge is 2.26. The number of fused-ring (bicyclic) bond motifs is 1. The van der Waals surface area contributed by atoms with Crippen molar-refractivity contribution in [2.45, 2.75) is 31.6 Å². The van der Waals surface area contributed by atoms with Crippen molar-refractivity contribution in [3.63, 3.8) is 0 Å². The van der Waals surface area contributed by atoms with Gasteiger partial charge >= 0.3 is 0 Å². The van der Waals surface area contributed by atoms with Crippen molar-refractivity contribution in [2.75, 3.05) is 11.9 Å². The largest absolute Gasteiger partial charge is 0.330 e. The number of carbonyl (C=O) groups excluding carboxylic acids is 1. The Kier molecular flexibility index (Phi) is 4.96. The summed E-state index contributed by atoms with van der Waals surface area (Å²) in [6, 6.07) is 5.91. The van der Waals surface area contributed by atoms with Crippen molar-refractivity contribution in [3.05, 3.63) is 23.2 Å². The Morgan fingerprint density at radius 2 is 2.25 bits per heavy atom. The second kappa shape index (κ2) is 6.52. The average molecular weight is 312 g/mol. The predicted molar refractivity (Wildman–Crippen MR) is 85.8 cm³/mol. The molecule has 0 saturated heterocycles. The van der Waals surface area contributed by atoms with Crippen molar-refractivity contribution in [1.29, 1.82) is 0 Å². The molecule has 3 N–H and O–H groups in total. The summed E-state index contributed by atoms with van der Waals surface area (Å²) in [5.41, 5.74) is 7.28. The monoisotopic (exact) mass is 311 g/mol. The highest BCUT2D eigenvalue weighted by Crippen LogP contribution is 2.43. The van der Waals surface area contributed by atoms with Crippen LogP contribution in [0.4, 0.5) is 5.69 Å². The van der Waals surface area contributed by atoms with Gasteiger partial charge in [0.05, 0.1) is 15.2 Å². The summed E-state index contributed by atoms with van der Waals surface area (Å²) in [6.07, 6.45) is 3.73. The van der Waals surface area contributed by atoms with Gasteiger partial charge in [0.1, 0.15) is 0 Å². The van der Waals surface area contributed by atoms with Crippen LogP contribution in [-0.4, -0.2) is 17.4 Å². The van der Waals surface area contributed by atoms with E-state index in [1.54, 1.807) is 11.3 Å². The molecule has 1 saturated carbocycles. The van der Waals surface area contributed by atoms with Crippen LogP contribution in [0, 0.1) is 0 Å². The highest BCUT2D eigenvalue weighted by atomic mass is 35.5. The third-order valence-corrected chi connectivity index (χ3v) is 4.40. The molecular weight excluding hydrogens is 294 g/mol. The lowest BCUT2D eigenvalue weighted by Gasteiger charge is -2.04. The van der Waals surface area contributed by atoms with E-state index >= 15 is 0 Å². The van der Waals surface area contributed by atoms with Crippen LogP contribution >= 0.6 is 23.7 Å². The number of halogens is 1. The minimum Gasteiger partial charge on any atom is -0.330 e. The molecule has 3 rings (SSSR count). The minimum absolute atomic E-state index is 0. The third-order valence-electron chi connectivity index (χ3n) is 3.22. The molecule has 1 aliphatic rings. The first kappa shape index (κ1) is 15.2. The number of aromatic nitrogens is 1. The standard InChI is InChI=1S/C14H17N3OS.ClH/c15-7-1-2-13(18)16-10-5-6-11-12(8-10)19-14(17-11)9-3-4-9;/h5-6,8-9H,1-4,7,15H2,(H,16,18);1H. The van der Waals surface area contributed by atoms with Gasteiger partial charge in [-0.25, -0.2) is 4.98 Å². The molecule has 1 heterocycles. The van der Waals surface area contributed by atoms with Crippen molar-refractivity contribution < 1.29 is 4.79 Å². The van der Waals surface area contributed by atoms with E-state index in [-0.39, 0.29) is 18.3 Å². The van der Waals surface area contributed by atoms with Gasteiger partial charge in [-0.1, -0.05) is 0 Å². The van der Waals surface area contributed by atoms with Gasteiger partial charge in [0, 0.05) is 18.0 Å². The quantitative estimate of drug-likeness (QED) is 0.890. The Bertz CT molecular complexity index is 609. The summed E-state index contributed by atoms with van der Waals surface area (Å²) in [5.74, 6) is 0.705. The van der Waals surface area contributed by atoms with E-state index in [0.717, 1.165) is 22.3 Å². The smallest absolute Gasteiger partial charge is 0.224 e. The van der Waals surface area contributed by atoms with Crippen molar-refractivity contribution in [1.82, 2.24) is 4.98 Å². The fourth-order valence-corrected chi connectivity index (χ4v) is 3.19. The average Bonchev–Trinajstić information content (AvgIpc) is 3.16. The van der Waals surface area contributed by atoms with Gasteiger partial charge in [-0.3, -0.25) is 4.79 Å². The molecule has 20 heavy (non-hydrogen) atoms. The molecule has 4 nitrogen and oxygen atoms in total. The molecule has 1 aromatic carbocycles. The van der Waals surface area contributed by atoms with Crippen LogP contribution in [0.15, 0.2) is 18.2 Å². The molecular formula is C14H18ClN3OS. The zero-order valence-corrected chi connectivity index (χ0v) is 12.7. The molecule has 0 spiro atoms. The maximum absolute atomic E-state index is 11.7. The Labute approximate surface area is 128 Å². The number of amides is 1. The fraction of sp³-hybridized carbons (Fsp3) is 0.429. The maximum Gasteiger partial charge on any atom is 0.224 e. The summed E-state index contributed by atoms with van der Waals surface area (Å²) in [4.78, 5) is 16.3. The molecule has 1 amide bonds. The topological polar surface area (TPSA) is 68.0 Å². The Balaban J connectivity index is 0.00000147. The summed E-state index contributed by atoms with van der Waals surface area (Å²) in [7, 11) is 0. The van der Waals surface area contributed by atoms with Gasteiger partial charge in [0.2, 0.25) is 5.91 Å². The first-order valence-electron chi connectivity index (χ1n) is 6.66. The second-order valence-electron chi connectivity index (χ2n) is 4.95. The number of nitrogens with zero attached hydrogens (tertiary/aromatic N) is 1. The van der Waals surface area contributed by atoms with Crippen LogP contribution < -0.4 is 11.1 Å². The Hall–Kier alpha value is -1.17. The van der Waals surface area contributed by atoms with E-state index in [0.29, 0.717) is 18.9 Å². The zero-order valence-electron chi connectivity index (χ0n) is 11.1. The van der Waals surface area contributed by atoms with E-state index < -0.39 is 0 Å². The van der Waals surface area contributed by atoms with E-state index in [4.69, 9.17) is 5.73 Å². The molecule has 0 aliphatic heterocycles. The lowest BCUT2D eigenvalue weighted by molar-refractivity contribution is -0.116. The molecule has 6 heteroatoms. The zero-order chi connectivity index (χ0) is 13.2. The number of hydrogen-bond acceptors (Lipinski definition) is 4. The van der Waals surface area contributed by atoms with Gasteiger partial charge in [0.25, 0.3) is 0 Å². The molecule has 0 bridgehead atoms. The van der Waals surface area contributed by atoms with E-state index in [2.05, 4.69) is 10.3 Å². The number of nitrogens with two attached hydrogens (primary N) is 1. The normalized spacial score (nSPS) is 14.1. The molecule has 108 valence electrons. The number of benzene rings is 1. The summed E-state index contributed by atoms with van der Waals surface area (Å²) in [6.45, 7) is 0.548. The first-order valence-corrected chi connectivity index (χ1v) is 7.48. The molecule has 1 aromatic heterocycles. The summed E-state index contributed by atoms with van der Waals surface area (Å²) < 4.78 is 1.15. The third kappa shape index (κ3) is 3.48. The van der Waals surface area contributed by atoms with Crippen molar-refractivity contribution >= 4 is 45.6 Å². The number of carbonyl (C=O) groups is 1. The maximum atomic E-state index is 11.7. The number of anilines is 1. The summed E-state index contributed by atoms with van der Waals surface area (Å²) in [5, 5.41) is 4.14. The number of nitrogens with one attached hydrogen (secondary N) is 1. The van der Waals surface area contributed by atoms with Crippen LogP contribution in [-0.2, 0) is 4.79 Å². The first-order chi connectivity index (χ1) is 9.26. The number of thiazole rings is 1. The molecule has 0 atom stereocenters. The van der Waals surface area contributed by atoms with Crippen LogP contribution in [0.5, 0.6) is 0 Å². The van der Waals surface area contributed by atoms with Crippen LogP contribution in [0.2, 0.25) is 0 Å². The molecule has 2 aromatic rings. The van der Waals surface area contributed by atoms with Crippen molar-refractivity contribution in [2.24, 2.45) is 5.73 Å². The van der Waals surface area contributed by atoms with Crippen molar-refractivity contribution in [3.8, 4) is 0 Å². The SMILES string of the molecule is Cl.NCCCC(=O)Nc1ccc2nc(C3CC3)sc2c1. The van der Waals surface area contributed by atoms with E-state index in [9.17, 15) is 4.79 Å². The van der Waals surface area contributed by atoms with Gasteiger partial charge in [-0.2, -0.15) is 0 Å². The minimum atomic E-state index is 0. The molecule has 0 unspecified atom stereocenters.